The van der Waals surface area contributed by atoms with Crippen LogP contribution in [0.3, 0.4) is 0 Å². The monoisotopic (exact) mass is 207 g/mol. The van der Waals surface area contributed by atoms with Crippen LogP contribution in [0.25, 0.3) is 0 Å². The van der Waals surface area contributed by atoms with Gasteiger partial charge in [0.15, 0.2) is 0 Å². The van der Waals surface area contributed by atoms with Crippen molar-refractivity contribution in [3.8, 4) is 0 Å². The van der Waals surface area contributed by atoms with E-state index < -0.39 is 0 Å². The first-order valence-electron chi connectivity index (χ1n) is 5.31. The van der Waals surface area contributed by atoms with E-state index in [1.165, 1.54) is 0 Å². The summed E-state index contributed by atoms with van der Waals surface area (Å²) in [6, 6.07) is 3.97. The summed E-state index contributed by atoms with van der Waals surface area (Å²) in [6.07, 6.45) is 1.79. The highest BCUT2D eigenvalue weighted by molar-refractivity contribution is 5.92. The Hall–Kier alpha value is -1.29. The third-order valence-electron chi connectivity index (χ3n) is 2.92. The number of amides is 1. The van der Waals surface area contributed by atoms with Crippen molar-refractivity contribution >= 4 is 5.91 Å². The van der Waals surface area contributed by atoms with Crippen LogP contribution in [0.2, 0.25) is 0 Å². The first-order valence-corrected chi connectivity index (χ1v) is 5.31. The lowest BCUT2D eigenvalue weighted by atomic mass is 10.2. The van der Waals surface area contributed by atoms with Gasteiger partial charge in [-0.1, -0.05) is 0 Å². The molecule has 0 aliphatic carbocycles. The van der Waals surface area contributed by atoms with Gasteiger partial charge in [-0.15, -0.1) is 0 Å². The predicted octanol–water partition coefficient (Wildman–Crippen LogP) is 0.791. The lowest BCUT2D eigenvalue weighted by Crippen LogP contribution is -2.52. The standard InChI is InChI=1S/C11H17N3O/c1-9-8-13(2)6-7-14(9)11(15)10-4-3-5-12-10/h3-5,9,12H,6-8H2,1-2H3. The Morgan fingerprint density at radius 3 is 2.93 bits per heavy atom. The number of piperazine rings is 1. The number of H-pyrrole nitrogens is 1. The predicted molar refractivity (Wildman–Crippen MR) is 58.8 cm³/mol. The molecule has 1 N–H and O–H groups in total. The number of nitrogens with one attached hydrogen (secondary N) is 1. The quantitative estimate of drug-likeness (QED) is 0.739. The summed E-state index contributed by atoms with van der Waals surface area (Å²) < 4.78 is 0. The number of aromatic nitrogens is 1. The van der Waals surface area contributed by atoms with Crippen LogP contribution in [-0.4, -0.2) is 53.4 Å². The molecule has 2 rings (SSSR count). The van der Waals surface area contributed by atoms with Gasteiger partial charge in [-0.3, -0.25) is 4.79 Å². The molecule has 0 bridgehead atoms. The van der Waals surface area contributed by atoms with E-state index in [-0.39, 0.29) is 5.91 Å². The number of rotatable bonds is 1. The molecule has 1 unspecified atom stereocenters. The van der Waals surface area contributed by atoms with Crippen LogP contribution in [0.5, 0.6) is 0 Å². The molecule has 1 aromatic rings. The van der Waals surface area contributed by atoms with Crippen molar-refractivity contribution in [3.05, 3.63) is 24.0 Å². The molecule has 0 saturated carbocycles. The molecule has 4 heteroatoms. The second-order valence-corrected chi connectivity index (χ2v) is 4.19. The van der Waals surface area contributed by atoms with Crippen molar-refractivity contribution in [2.75, 3.05) is 26.7 Å². The van der Waals surface area contributed by atoms with Gasteiger partial charge in [-0.2, -0.15) is 0 Å². The molecule has 0 spiro atoms. The van der Waals surface area contributed by atoms with Gasteiger partial charge in [0.05, 0.1) is 0 Å². The highest BCUT2D eigenvalue weighted by Crippen LogP contribution is 2.11. The minimum Gasteiger partial charge on any atom is -0.357 e. The van der Waals surface area contributed by atoms with Crippen LogP contribution in [0.4, 0.5) is 0 Å². The first kappa shape index (κ1) is 10.2. The average Bonchev–Trinajstić information content (AvgIpc) is 2.69. The third-order valence-corrected chi connectivity index (χ3v) is 2.92. The van der Waals surface area contributed by atoms with Crippen LogP contribution in [0, 0.1) is 0 Å². The molecule has 1 aromatic heterocycles. The lowest BCUT2D eigenvalue weighted by molar-refractivity contribution is 0.0528. The number of nitrogens with zero attached hydrogens (tertiary/aromatic N) is 2. The molecule has 1 saturated heterocycles. The van der Waals surface area contributed by atoms with E-state index in [0.29, 0.717) is 11.7 Å². The molecular weight excluding hydrogens is 190 g/mol. The summed E-state index contributed by atoms with van der Waals surface area (Å²) in [5, 5.41) is 0. The highest BCUT2D eigenvalue weighted by atomic mass is 16.2. The Bertz CT molecular complexity index is 334. The van der Waals surface area contributed by atoms with Crippen LogP contribution in [-0.2, 0) is 0 Å². The van der Waals surface area contributed by atoms with Crippen LogP contribution >= 0.6 is 0 Å². The summed E-state index contributed by atoms with van der Waals surface area (Å²) in [4.78, 5) is 19.2. The molecule has 0 radical (unpaired) electrons. The minimum absolute atomic E-state index is 0.112. The molecule has 1 fully saturated rings. The smallest absolute Gasteiger partial charge is 0.270 e. The normalized spacial score (nSPS) is 23.1. The van der Waals surface area contributed by atoms with Gasteiger partial charge < -0.3 is 14.8 Å². The number of aromatic amines is 1. The molecule has 4 nitrogen and oxygen atoms in total. The van der Waals surface area contributed by atoms with Gasteiger partial charge >= 0.3 is 0 Å². The van der Waals surface area contributed by atoms with Crippen molar-refractivity contribution in [2.45, 2.75) is 13.0 Å². The number of likely N-dealkylation sites (N-methyl/N-ethyl adjacent to an activating group) is 1. The van der Waals surface area contributed by atoms with Crippen LogP contribution in [0.1, 0.15) is 17.4 Å². The summed E-state index contributed by atoms with van der Waals surface area (Å²) in [7, 11) is 2.09. The SMILES string of the molecule is CC1CN(C)CCN1C(=O)c1ccc[nH]1. The van der Waals surface area contributed by atoms with Crippen LogP contribution < -0.4 is 0 Å². The fourth-order valence-corrected chi connectivity index (χ4v) is 2.06. The zero-order valence-electron chi connectivity index (χ0n) is 9.23. The second-order valence-electron chi connectivity index (χ2n) is 4.19. The summed E-state index contributed by atoms with van der Waals surface area (Å²) in [5.74, 6) is 0.112. The lowest BCUT2D eigenvalue weighted by Gasteiger charge is -2.38. The zero-order valence-corrected chi connectivity index (χ0v) is 9.23. The molecule has 2 heterocycles. The van der Waals surface area contributed by atoms with Gasteiger partial charge in [-0.25, -0.2) is 0 Å². The van der Waals surface area contributed by atoms with Gasteiger partial charge in [-0.05, 0) is 26.1 Å². The van der Waals surface area contributed by atoms with E-state index >= 15 is 0 Å². The molecule has 1 aliphatic rings. The molecule has 1 atom stereocenters. The van der Waals surface area contributed by atoms with Crippen molar-refractivity contribution < 1.29 is 4.79 Å². The van der Waals surface area contributed by atoms with Crippen molar-refractivity contribution in [1.29, 1.82) is 0 Å². The van der Waals surface area contributed by atoms with Crippen molar-refractivity contribution in [1.82, 2.24) is 14.8 Å². The van der Waals surface area contributed by atoms with Crippen molar-refractivity contribution in [3.63, 3.8) is 0 Å². The fourth-order valence-electron chi connectivity index (χ4n) is 2.06. The Kier molecular flexibility index (Phi) is 2.77. The van der Waals surface area contributed by atoms with Gasteiger partial charge in [0.25, 0.3) is 5.91 Å². The van der Waals surface area contributed by atoms with Gasteiger partial charge in [0.2, 0.25) is 0 Å². The molecule has 1 amide bonds. The fraction of sp³-hybridized carbons (Fsp3) is 0.545. The molecule has 15 heavy (non-hydrogen) atoms. The Morgan fingerprint density at radius 2 is 2.33 bits per heavy atom. The number of hydrogen-bond donors (Lipinski definition) is 1. The van der Waals surface area contributed by atoms with E-state index in [2.05, 4.69) is 23.9 Å². The first-order chi connectivity index (χ1) is 7.18. The number of carbonyl (C=O) groups is 1. The summed E-state index contributed by atoms with van der Waals surface area (Å²) in [5.41, 5.74) is 0.686. The number of carbonyl (C=O) groups excluding carboxylic acids is 1. The average molecular weight is 207 g/mol. The van der Waals surface area contributed by atoms with E-state index in [9.17, 15) is 4.79 Å². The third kappa shape index (κ3) is 2.04. The molecular formula is C11H17N3O. The topological polar surface area (TPSA) is 39.3 Å². The molecule has 82 valence electrons. The van der Waals surface area contributed by atoms with E-state index in [1.807, 2.05) is 17.0 Å². The van der Waals surface area contributed by atoms with E-state index in [0.717, 1.165) is 19.6 Å². The van der Waals surface area contributed by atoms with Crippen LogP contribution in [0.15, 0.2) is 18.3 Å². The van der Waals surface area contributed by atoms with E-state index in [4.69, 9.17) is 0 Å². The minimum atomic E-state index is 0.112. The maximum Gasteiger partial charge on any atom is 0.270 e. The van der Waals surface area contributed by atoms with Crippen molar-refractivity contribution in [2.24, 2.45) is 0 Å². The molecule has 1 aliphatic heterocycles. The zero-order chi connectivity index (χ0) is 10.8. The summed E-state index contributed by atoms with van der Waals surface area (Å²) in [6.45, 7) is 4.81. The second kappa shape index (κ2) is 4.06. The molecule has 0 aromatic carbocycles. The Balaban J connectivity index is 2.08. The maximum absolute atomic E-state index is 12.1. The Labute approximate surface area is 89.9 Å². The van der Waals surface area contributed by atoms with E-state index in [1.54, 1.807) is 6.20 Å². The van der Waals surface area contributed by atoms with Gasteiger partial charge in [0, 0.05) is 31.9 Å². The highest BCUT2D eigenvalue weighted by Gasteiger charge is 2.26. The largest absolute Gasteiger partial charge is 0.357 e. The Morgan fingerprint density at radius 1 is 1.53 bits per heavy atom. The van der Waals surface area contributed by atoms with Gasteiger partial charge in [0.1, 0.15) is 5.69 Å². The maximum atomic E-state index is 12.1. The number of hydrogen-bond acceptors (Lipinski definition) is 2. The summed E-state index contributed by atoms with van der Waals surface area (Å²) >= 11 is 0.